The number of ether oxygens (including phenoxy) is 1. The van der Waals surface area contributed by atoms with E-state index in [0.717, 1.165) is 47.7 Å². The summed E-state index contributed by atoms with van der Waals surface area (Å²) in [6, 6.07) is 20.8. The molecule has 3 aromatic rings. The number of H-pyrrole nitrogens is 1. The Labute approximate surface area is 146 Å². The number of rotatable bonds is 4. The van der Waals surface area contributed by atoms with Crippen molar-refractivity contribution in [2.24, 2.45) is 0 Å². The van der Waals surface area contributed by atoms with E-state index in [9.17, 15) is 0 Å². The highest BCUT2D eigenvalue weighted by Crippen LogP contribution is 2.32. The molecule has 4 rings (SSSR count). The molecule has 0 unspecified atom stereocenters. The van der Waals surface area contributed by atoms with Crippen LogP contribution < -0.4 is 0 Å². The van der Waals surface area contributed by atoms with E-state index >= 15 is 0 Å². The largest absolute Gasteiger partial charge is 0.376 e. The van der Waals surface area contributed by atoms with Crippen molar-refractivity contribution in [2.75, 3.05) is 6.61 Å². The van der Waals surface area contributed by atoms with E-state index in [4.69, 9.17) is 17.0 Å². The van der Waals surface area contributed by atoms with Crippen LogP contribution in [-0.4, -0.2) is 22.3 Å². The number of nitrogens with zero attached hydrogens (tertiary/aromatic N) is 1. The van der Waals surface area contributed by atoms with Gasteiger partial charge in [-0.15, -0.1) is 0 Å². The number of nitrogens with one attached hydrogen (secondary N) is 1. The van der Waals surface area contributed by atoms with Crippen molar-refractivity contribution in [3.05, 3.63) is 65.4 Å². The fraction of sp³-hybridized carbons (Fsp3) is 0.250. The van der Waals surface area contributed by atoms with Gasteiger partial charge in [0, 0.05) is 17.7 Å². The molecule has 1 saturated heterocycles. The van der Waals surface area contributed by atoms with Crippen LogP contribution in [0.2, 0.25) is 0 Å². The van der Waals surface area contributed by atoms with Crippen LogP contribution in [0.4, 0.5) is 0 Å². The zero-order valence-electron chi connectivity index (χ0n) is 13.4. The highest BCUT2D eigenvalue weighted by Gasteiger charge is 2.21. The zero-order chi connectivity index (χ0) is 16.4. The number of hydrogen-bond donors (Lipinski definition) is 1. The molecule has 1 aromatic heterocycles. The van der Waals surface area contributed by atoms with Crippen molar-refractivity contribution in [1.82, 2.24) is 9.55 Å². The normalized spacial score (nSPS) is 17.2. The lowest BCUT2D eigenvalue weighted by Gasteiger charge is -2.14. The standard InChI is InChI=1S/C20H20N2OS/c24-20-21-18(15-8-3-1-4-9-15)19(16-10-5-2-6-11-16)22(20)14-17-12-7-13-23-17/h1-6,8-11,17H,7,12-14H2,(H,21,24)/t17-/m1/s1. The average Bonchev–Trinajstić information content (AvgIpc) is 3.25. The maximum Gasteiger partial charge on any atom is 0.178 e. The maximum atomic E-state index is 5.84. The molecule has 0 amide bonds. The van der Waals surface area contributed by atoms with Gasteiger partial charge in [0.05, 0.1) is 24.0 Å². The summed E-state index contributed by atoms with van der Waals surface area (Å²) < 4.78 is 8.79. The van der Waals surface area contributed by atoms with Gasteiger partial charge in [0.1, 0.15) is 0 Å². The molecule has 1 fully saturated rings. The quantitative estimate of drug-likeness (QED) is 0.675. The molecular formula is C20H20N2OS. The van der Waals surface area contributed by atoms with Crippen molar-refractivity contribution < 1.29 is 4.74 Å². The Hall–Kier alpha value is -2.17. The fourth-order valence-electron chi connectivity index (χ4n) is 3.35. The summed E-state index contributed by atoms with van der Waals surface area (Å²) in [6.45, 7) is 1.65. The number of hydrogen-bond acceptors (Lipinski definition) is 2. The zero-order valence-corrected chi connectivity index (χ0v) is 14.3. The van der Waals surface area contributed by atoms with Crippen molar-refractivity contribution in [1.29, 1.82) is 0 Å². The van der Waals surface area contributed by atoms with Crippen LogP contribution >= 0.6 is 12.2 Å². The Morgan fingerprint density at radius 3 is 2.29 bits per heavy atom. The molecular weight excluding hydrogens is 316 g/mol. The first-order chi connectivity index (χ1) is 11.8. The van der Waals surface area contributed by atoms with Gasteiger partial charge in [-0.2, -0.15) is 0 Å². The minimum atomic E-state index is 0.249. The van der Waals surface area contributed by atoms with Crippen molar-refractivity contribution in [3.63, 3.8) is 0 Å². The predicted molar refractivity (Wildman–Crippen MR) is 99.5 cm³/mol. The van der Waals surface area contributed by atoms with Gasteiger partial charge in [0.15, 0.2) is 4.77 Å². The summed E-state index contributed by atoms with van der Waals surface area (Å²) in [4.78, 5) is 3.42. The topological polar surface area (TPSA) is 29.9 Å². The molecule has 2 aromatic carbocycles. The first kappa shape index (κ1) is 15.4. The number of benzene rings is 2. The van der Waals surface area contributed by atoms with Crippen LogP contribution in [0.25, 0.3) is 22.5 Å². The summed E-state index contributed by atoms with van der Waals surface area (Å²) in [5.41, 5.74) is 4.53. The summed E-state index contributed by atoms with van der Waals surface area (Å²) in [5, 5.41) is 0. The molecule has 0 radical (unpaired) electrons. The molecule has 0 spiro atoms. The van der Waals surface area contributed by atoms with Gasteiger partial charge in [-0.1, -0.05) is 60.7 Å². The Bertz CT molecular complexity index is 862. The molecule has 1 aliphatic rings. The minimum Gasteiger partial charge on any atom is -0.376 e. The third-order valence-corrected chi connectivity index (χ3v) is 4.83. The second-order valence-electron chi connectivity index (χ2n) is 6.13. The lowest BCUT2D eigenvalue weighted by molar-refractivity contribution is 0.0970. The minimum absolute atomic E-state index is 0.249. The summed E-state index contributed by atoms with van der Waals surface area (Å²) >= 11 is 5.65. The first-order valence-electron chi connectivity index (χ1n) is 8.38. The molecule has 1 aliphatic heterocycles. The molecule has 2 heterocycles. The molecule has 1 N–H and O–H groups in total. The number of aromatic amines is 1. The average molecular weight is 336 g/mol. The van der Waals surface area contributed by atoms with E-state index in [2.05, 4.69) is 58.1 Å². The summed E-state index contributed by atoms with van der Waals surface area (Å²) in [5.74, 6) is 0. The van der Waals surface area contributed by atoms with Crippen molar-refractivity contribution >= 4 is 12.2 Å². The predicted octanol–water partition coefficient (Wildman–Crippen LogP) is 5.06. The molecule has 3 nitrogen and oxygen atoms in total. The molecule has 122 valence electrons. The van der Waals surface area contributed by atoms with Gasteiger partial charge < -0.3 is 14.3 Å². The van der Waals surface area contributed by atoms with E-state index in [0.29, 0.717) is 0 Å². The van der Waals surface area contributed by atoms with E-state index in [1.165, 1.54) is 5.56 Å². The maximum absolute atomic E-state index is 5.84. The summed E-state index contributed by atoms with van der Waals surface area (Å²) in [7, 11) is 0. The molecule has 24 heavy (non-hydrogen) atoms. The van der Waals surface area contributed by atoms with E-state index in [1.807, 2.05) is 12.1 Å². The van der Waals surface area contributed by atoms with Gasteiger partial charge in [0.2, 0.25) is 0 Å². The van der Waals surface area contributed by atoms with Gasteiger partial charge in [-0.25, -0.2) is 0 Å². The van der Waals surface area contributed by atoms with Crippen LogP contribution in [0, 0.1) is 4.77 Å². The molecule has 0 saturated carbocycles. The van der Waals surface area contributed by atoms with E-state index < -0.39 is 0 Å². The number of imidazole rings is 1. The van der Waals surface area contributed by atoms with Gasteiger partial charge in [0.25, 0.3) is 0 Å². The first-order valence-corrected chi connectivity index (χ1v) is 8.79. The molecule has 1 atom stereocenters. The van der Waals surface area contributed by atoms with Crippen molar-refractivity contribution in [3.8, 4) is 22.5 Å². The van der Waals surface area contributed by atoms with Crippen LogP contribution in [0.15, 0.2) is 60.7 Å². The number of aromatic nitrogens is 2. The Balaban J connectivity index is 1.87. The van der Waals surface area contributed by atoms with Crippen molar-refractivity contribution in [2.45, 2.75) is 25.5 Å². The lowest BCUT2D eigenvalue weighted by Crippen LogP contribution is -2.15. The van der Waals surface area contributed by atoms with Crippen LogP contribution in [0.5, 0.6) is 0 Å². The Morgan fingerprint density at radius 1 is 1.00 bits per heavy atom. The van der Waals surface area contributed by atoms with Crippen LogP contribution in [-0.2, 0) is 11.3 Å². The highest BCUT2D eigenvalue weighted by atomic mass is 32.1. The molecule has 0 bridgehead atoms. The van der Waals surface area contributed by atoms with Crippen LogP contribution in [0.1, 0.15) is 12.8 Å². The fourth-order valence-corrected chi connectivity index (χ4v) is 3.61. The monoisotopic (exact) mass is 336 g/mol. The lowest BCUT2D eigenvalue weighted by atomic mass is 10.0. The van der Waals surface area contributed by atoms with E-state index in [-0.39, 0.29) is 6.10 Å². The molecule has 0 aliphatic carbocycles. The third-order valence-electron chi connectivity index (χ3n) is 4.50. The Kier molecular flexibility index (Phi) is 4.32. The van der Waals surface area contributed by atoms with Gasteiger partial charge in [-0.05, 0) is 25.1 Å². The van der Waals surface area contributed by atoms with Gasteiger partial charge in [-0.3, -0.25) is 0 Å². The third kappa shape index (κ3) is 2.95. The molecule has 4 heteroatoms. The second kappa shape index (κ2) is 6.75. The van der Waals surface area contributed by atoms with Gasteiger partial charge >= 0.3 is 0 Å². The smallest absolute Gasteiger partial charge is 0.178 e. The SMILES string of the molecule is S=c1[nH]c(-c2ccccc2)c(-c2ccccc2)n1C[C@H]1CCCO1. The van der Waals surface area contributed by atoms with E-state index in [1.54, 1.807) is 0 Å². The highest BCUT2D eigenvalue weighted by molar-refractivity contribution is 7.71. The summed E-state index contributed by atoms with van der Waals surface area (Å²) in [6.07, 6.45) is 2.48. The second-order valence-corrected chi connectivity index (χ2v) is 6.52. The van der Waals surface area contributed by atoms with Crippen LogP contribution in [0.3, 0.4) is 0 Å². The Morgan fingerprint density at radius 2 is 1.67 bits per heavy atom.